The van der Waals surface area contributed by atoms with Crippen molar-refractivity contribution in [2.45, 2.75) is 19.4 Å². The van der Waals surface area contributed by atoms with Crippen LogP contribution >= 0.6 is 39.1 Å². The van der Waals surface area contributed by atoms with Gasteiger partial charge in [0, 0.05) is 22.9 Å². The van der Waals surface area contributed by atoms with Crippen LogP contribution in [0.4, 0.5) is 0 Å². The summed E-state index contributed by atoms with van der Waals surface area (Å²) in [7, 11) is 0. The van der Waals surface area contributed by atoms with Gasteiger partial charge in [-0.15, -0.1) is 0 Å². The Morgan fingerprint density at radius 1 is 1.50 bits per heavy atom. The van der Waals surface area contributed by atoms with Crippen LogP contribution in [0.5, 0.6) is 0 Å². The van der Waals surface area contributed by atoms with E-state index >= 15 is 0 Å². The fraction of sp³-hybridized carbons (Fsp3) is 0.462. The molecule has 98 valence electrons. The molecule has 1 heterocycles. The Bertz CT molecular complexity index is 466. The van der Waals surface area contributed by atoms with E-state index in [2.05, 4.69) is 22.9 Å². The second-order valence-electron chi connectivity index (χ2n) is 4.61. The Kier molecular flexibility index (Phi) is 4.57. The molecule has 0 N–H and O–H groups in total. The van der Waals surface area contributed by atoms with E-state index < -0.39 is 0 Å². The molecule has 0 aromatic heterocycles. The minimum Gasteiger partial charge on any atom is -0.334 e. The molecule has 1 aromatic rings. The molecule has 2 nitrogen and oxygen atoms in total. The summed E-state index contributed by atoms with van der Waals surface area (Å²) in [6, 6.07) is 5.24. The number of rotatable bonds is 2. The van der Waals surface area contributed by atoms with E-state index in [1.807, 2.05) is 4.90 Å². The van der Waals surface area contributed by atoms with E-state index in [-0.39, 0.29) is 11.9 Å². The minimum atomic E-state index is -0.00883. The van der Waals surface area contributed by atoms with Crippen molar-refractivity contribution in [3.8, 4) is 0 Å². The summed E-state index contributed by atoms with van der Waals surface area (Å²) >= 11 is 15.4. The van der Waals surface area contributed by atoms with E-state index in [0.29, 0.717) is 21.5 Å². The highest BCUT2D eigenvalue weighted by Gasteiger charge is 2.34. The third kappa shape index (κ3) is 2.68. The Morgan fingerprint density at radius 2 is 2.22 bits per heavy atom. The zero-order chi connectivity index (χ0) is 13.3. The van der Waals surface area contributed by atoms with Gasteiger partial charge in [-0.2, -0.15) is 0 Å². The van der Waals surface area contributed by atoms with Crippen molar-refractivity contribution in [3.63, 3.8) is 0 Å². The van der Waals surface area contributed by atoms with Gasteiger partial charge in [-0.1, -0.05) is 46.1 Å². The number of likely N-dealkylation sites (tertiary alicyclic amines) is 1. The summed E-state index contributed by atoms with van der Waals surface area (Å²) in [4.78, 5) is 14.4. The molecule has 0 saturated carbocycles. The van der Waals surface area contributed by atoms with Crippen LogP contribution in [0.2, 0.25) is 10.0 Å². The number of hydrogen-bond acceptors (Lipinski definition) is 1. The van der Waals surface area contributed by atoms with Gasteiger partial charge in [-0.3, -0.25) is 4.79 Å². The Balaban J connectivity index is 2.26. The first-order valence-electron chi connectivity index (χ1n) is 5.86. The van der Waals surface area contributed by atoms with E-state index in [0.717, 1.165) is 18.3 Å². The Morgan fingerprint density at radius 3 is 2.83 bits per heavy atom. The van der Waals surface area contributed by atoms with Crippen LogP contribution < -0.4 is 0 Å². The largest absolute Gasteiger partial charge is 0.334 e. The number of benzene rings is 1. The fourth-order valence-electron chi connectivity index (χ4n) is 2.31. The second kappa shape index (κ2) is 5.81. The molecule has 1 saturated heterocycles. The third-order valence-corrected chi connectivity index (χ3v) is 4.67. The van der Waals surface area contributed by atoms with Gasteiger partial charge in [0.1, 0.15) is 0 Å². The molecular formula is C13H14BrCl2NO. The van der Waals surface area contributed by atoms with E-state index in [4.69, 9.17) is 23.2 Å². The summed E-state index contributed by atoms with van der Waals surface area (Å²) in [5, 5.41) is 1.76. The van der Waals surface area contributed by atoms with Crippen molar-refractivity contribution in [2.75, 3.05) is 11.9 Å². The number of carbonyl (C=O) groups is 1. The quantitative estimate of drug-likeness (QED) is 0.730. The van der Waals surface area contributed by atoms with E-state index in [1.165, 1.54) is 0 Å². The molecule has 0 aliphatic carbocycles. The maximum Gasteiger partial charge on any atom is 0.255 e. The number of hydrogen-bond donors (Lipinski definition) is 0. The highest BCUT2D eigenvalue weighted by Crippen LogP contribution is 2.29. The molecular weight excluding hydrogens is 337 g/mol. The van der Waals surface area contributed by atoms with Crippen LogP contribution in [0.1, 0.15) is 23.7 Å². The third-order valence-electron chi connectivity index (χ3n) is 3.46. The van der Waals surface area contributed by atoms with E-state index in [9.17, 15) is 4.79 Å². The Hall–Kier alpha value is -0.250. The first-order chi connectivity index (χ1) is 8.54. The lowest BCUT2D eigenvalue weighted by Gasteiger charge is -2.25. The van der Waals surface area contributed by atoms with Gasteiger partial charge >= 0.3 is 0 Å². The van der Waals surface area contributed by atoms with Gasteiger partial charge in [0.2, 0.25) is 0 Å². The fourth-order valence-corrected chi connectivity index (χ4v) is 3.79. The van der Waals surface area contributed by atoms with Gasteiger partial charge in [0.25, 0.3) is 5.91 Å². The average molecular weight is 351 g/mol. The molecule has 1 amide bonds. The van der Waals surface area contributed by atoms with Crippen molar-refractivity contribution in [2.24, 2.45) is 5.92 Å². The molecule has 0 spiro atoms. The highest BCUT2D eigenvalue weighted by atomic mass is 79.9. The van der Waals surface area contributed by atoms with Crippen LogP contribution in [0.25, 0.3) is 0 Å². The van der Waals surface area contributed by atoms with Crippen molar-refractivity contribution in [1.29, 1.82) is 0 Å². The molecule has 5 heteroatoms. The van der Waals surface area contributed by atoms with Crippen LogP contribution in [0, 0.1) is 5.92 Å². The van der Waals surface area contributed by atoms with Crippen molar-refractivity contribution < 1.29 is 4.79 Å². The smallest absolute Gasteiger partial charge is 0.255 e. The summed E-state index contributed by atoms with van der Waals surface area (Å²) in [5.74, 6) is 0.505. The number of nitrogens with zero attached hydrogens (tertiary/aromatic N) is 1. The zero-order valence-corrected chi connectivity index (χ0v) is 13.1. The molecule has 2 atom stereocenters. The summed E-state index contributed by atoms with van der Waals surface area (Å²) in [6.45, 7) is 2.96. The maximum absolute atomic E-state index is 12.5. The molecule has 1 fully saturated rings. The average Bonchev–Trinajstić information content (AvgIpc) is 2.69. The monoisotopic (exact) mass is 349 g/mol. The van der Waals surface area contributed by atoms with Gasteiger partial charge in [0.15, 0.2) is 0 Å². The van der Waals surface area contributed by atoms with Crippen LogP contribution in [-0.2, 0) is 0 Å². The second-order valence-corrected chi connectivity index (χ2v) is 6.10. The molecule has 0 bridgehead atoms. The summed E-state index contributed by atoms with van der Waals surface area (Å²) in [6.07, 6.45) is 1.03. The van der Waals surface area contributed by atoms with Crippen molar-refractivity contribution in [1.82, 2.24) is 4.90 Å². The van der Waals surface area contributed by atoms with Crippen LogP contribution in [0.3, 0.4) is 0 Å². The number of alkyl halides is 1. The lowest BCUT2D eigenvalue weighted by molar-refractivity contribution is 0.0739. The normalized spacial score (nSPS) is 23.4. The van der Waals surface area contributed by atoms with E-state index in [1.54, 1.807) is 18.2 Å². The standard InChI is InChI=1S/C13H14BrCl2NO/c1-8-4-5-17(12(8)7-14)13(18)10-3-2-9(15)6-11(10)16/h2-3,6,8,12H,4-5,7H2,1H3. The molecule has 1 aliphatic rings. The van der Waals surface area contributed by atoms with Crippen molar-refractivity contribution in [3.05, 3.63) is 33.8 Å². The first-order valence-corrected chi connectivity index (χ1v) is 7.74. The van der Waals surface area contributed by atoms with Gasteiger partial charge in [-0.25, -0.2) is 0 Å². The number of amides is 1. The molecule has 0 radical (unpaired) electrons. The zero-order valence-electron chi connectivity index (χ0n) is 10.00. The predicted octanol–water partition coefficient (Wildman–Crippen LogP) is 4.24. The number of carbonyl (C=O) groups excluding carboxylic acids is 1. The molecule has 2 rings (SSSR count). The summed E-state index contributed by atoms with van der Waals surface area (Å²) in [5.41, 5.74) is 0.529. The topological polar surface area (TPSA) is 20.3 Å². The van der Waals surface area contributed by atoms with Crippen molar-refractivity contribution >= 4 is 45.0 Å². The minimum absolute atomic E-state index is 0.00883. The molecule has 2 unspecified atom stereocenters. The molecule has 18 heavy (non-hydrogen) atoms. The molecule has 1 aliphatic heterocycles. The highest BCUT2D eigenvalue weighted by molar-refractivity contribution is 9.09. The summed E-state index contributed by atoms with van der Waals surface area (Å²) < 4.78 is 0. The SMILES string of the molecule is CC1CCN(C(=O)c2ccc(Cl)cc2Cl)C1CBr. The van der Waals surface area contributed by atoms with Crippen LogP contribution in [-0.4, -0.2) is 28.7 Å². The first kappa shape index (κ1) is 14.2. The molecule has 1 aromatic carbocycles. The van der Waals surface area contributed by atoms with Crippen LogP contribution in [0.15, 0.2) is 18.2 Å². The maximum atomic E-state index is 12.5. The number of halogens is 3. The van der Waals surface area contributed by atoms with Gasteiger partial charge in [-0.05, 0) is 30.5 Å². The lowest BCUT2D eigenvalue weighted by atomic mass is 10.0. The predicted molar refractivity (Wildman–Crippen MR) is 78.9 cm³/mol. The Labute approximate surface area is 125 Å². The van der Waals surface area contributed by atoms with Gasteiger partial charge in [0.05, 0.1) is 10.6 Å². The lowest BCUT2D eigenvalue weighted by Crippen LogP contribution is -2.38. The van der Waals surface area contributed by atoms with Gasteiger partial charge < -0.3 is 4.90 Å².